The first-order chi connectivity index (χ1) is 12.2. The van der Waals surface area contributed by atoms with Crippen molar-refractivity contribution in [1.29, 1.82) is 0 Å². The fraction of sp³-hybridized carbons (Fsp3) is 0.143. The van der Waals surface area contributed by atoms with E-state index in [1.165, 1.54) is 11.1 Å². The van der Waals surface area contributed by atoms with Gasteiger partial charge in [-0.05, 0) is 48.2 Å². The third kappa shape index (κ3) is 2.98. The van der Waals surface area contributed by atoms with E-state index in [2.05, 4.69) is 34.2 Å². The fourth-order valence-electron chi connectivity index (χ4n) is 3.12. The van der Waals surface area contributed by atoms with Gasteiger partial charge in [-0.2, -0.15) is 0 Å². The molecular weight excluding hydrogens is 310 g/mol. The lowest BCUT2D eigenvalue weighted by Crippen LogP contribution is -1.98. The van der Waals surface area contributed by atoms with Gasteiger partial charge in [0.1, 0.15) is 11.3 Å². The average Bonchev–Trinajstić information content (AvgIpc) is 2.67. The Morgan fingerprint density at radius 1 is 0.920 bits per heavy atom. The average molecular weight is 329 g/mol. The molecule has 0 aliphatic carbocycles. The maximum absolute atomic E-state index is 6.08. The fourth-order valence-corrected chi connectivity index (χ4v) is 3.12. The summed E-state index contributed by atoms with van der Waals surface area (Å²) in [5.74, 6) is 1.36. The first kappa shape index (κ1) is 15.4. The van der Waals surface area contributed by atoms with Crippen molar-refractivity contribution in [1.82, 2.24) is 9.97 Å². The van der Waals surface area contributed by atoms with Gasteiger partial charge >= 0.3 is 0 Å². The summed E-state index contributed by atoms with van der Waals surface area (Å²) in [6.45, 7) is 0. The highest BCUT2D eigenvalue weighted by Crippen LogP contribution is 2.27. The minimum absolute atomic E-state index is 0.482. The largest absolute Gasteiger partial charge is 0.497 e. The highest BCUT2D eigenvalue weighted by atomic mass is 16.5. The zero-order valence-corrected chi connectivity index (χ0v) is 14.1. The van der Waals surface area contributed by atoms with E-state index in [9.17, 15) is 0 Å². The van der Waals surface area contributed by atoms with Crippen LogP contribution in [-0.2, 0) is 12.8 Å². The number of benzene rings is 2. The van der Waals surface area contributed by atoms with Crippen LogP contribution in [0.5, 0.6) is 5.75 Å². The van der Waals surface area contributed by atoms with Crippen molar-refractivity contribution in [2.24, 2.45) is 0 Å². The minimum Gasteiger partial charge on any atom is -0.497 e. The highest BCUT2D eigenvalue weighted by Gasteiger charge is 2.08. The van der Waals surface area contributed by atoms with Crippen molar-refractivity contribution in [2.45, 2.75) is 12.8 Å². The van der Waals surface area contributed by atoms with Crippen LogP contribution in [0.1, 0.15) is 11.1 Å². The van der Waals surface area contributed by atoms with Gasteiger partial charge in [-0.3, -0.25) is 4.98 Å². The van der Waals surface area contributed by atoms with Crippen LogP contribution in [0.15, 0.2) is 60.8 Å². The van der Waals surface area contributed by atoms with Crippen molar-refractivity contribution in [3.63, 3.8) is 0 Å². The predicted molar refractivity (Wildman–Crippen MR) is 102 cm³/mol. The Kier molecular flexibility index (Phi) is 3.94. The Morgan fingerprint density at radius 2 is 1.68 bits per heavy atom. The molecule has 2 heterocycles. The Labute approximate surface area is 146 Å². The maximum atomic E-state index is 6.08. The highest BCUT2D eigenvalue weighted by molar-refractivity contribution is 6.08. The van der Waals surface area contributed by atoms with Crippen LogP contribution < -0.4 is 10.5 Å². The number of nitrogens with zero attached hydrogens (tertiary/aromatic N) is 2. The first-order valence-corrected chi connectivity index (χ1v) is 8.30. The molecule has 4 heteroatoms. The summed E-state index contributed by atoms with van der Waals surface area (Å²) in [7, 11) is 1.68. The van der Waals surface area contributed by atoms with Gasteiger partial charge in [0.15, 0.2) is 5.82 Å². The van der Waals surface area contributed by atoms with Crippen molar-refractivity contribution in [3.8, 4) is 5.75 Å². The number of aryl methyl sites for hydroxylation is 2. The van der Waals surface area contributed by atoms with Crippen LogP contribution in [0, 0.1) is 0 Å². The number of para-hydroxylation sites is 1. The second-order valence-electron chi connectivity index (χ2n) is 6.10. The van der Waals surface area contributed by atoms with E-state index in [-0.39, 0.29) is 0 Å². The van der Waals surface area contributed by atoms with Gasteiger partial charge in [-0.1, -0.05) is 30.3 Å². The lowest BCUT2D eigenvalue weighted by atomic mass is 10.0. The van der Waals surface area contributed by atoms with E-state index in [4.69, 9.17) is 10.5 Å². The lowest BCUT2D eigenvalue weighted by molar-refractivity contribution is 0.414. The van der Waals surface area contributed by atoms with Crippen LogP contribution in [0.3, 0.4) is 0 Å². The quantitative estimate of drug-likeness (QED) is 0.571. The normalized spacial score (nSPS) is 11.1. The Balaban J connectivity index is 1.67. The molecular formula is C21H19N3O. The van der Waals surface area contributed by atoms with Gasteiger partial charge in [0.05, 0.1) is 12.6 Å². The summed E-state index contributed by atoms with van der Waals surface area (Å²) in [6, 6.07) is 18.4. The molecule has 2 aromatic carbocycles. The van der Waals surface area contributed by atoms with Gasteiger partial charge in [0, 0.05) is 17.0 Å². The number of methoxy groups -OCH3 is 1. The summed E-state index contributed by atoms with van der Waals surface area (Å²) < 4.78 is 5.20. The standard InChI is InChI=1S/C21H19N3O/c1-25-16-10-8-14(9-11-16)6-7-15-12-18-17-4-2-3-5-19(17)24-21(22)20(18)23-13-15/h2-5,8-13H,6-7H2,1H3,(H2,22,24). The van der Waals surface area contributed by atoms with Gasteiger partial charge in [-0.25, -0.2) is 4.98 Å². The second kappa shape index (κ2) is 6.40. The van der Waals surface area contributed by atoms with Gasteiger partial charge in [0.25, 0.3) is 0 Å². The number of anilines is 1. The Bertz CT molecular complexity index is 1040. The number of fused-ring (bicyclic) bond motifs is 3. The summed E-state index contributed by atoms with van der Waals surface area (Å²) in [5.41, 5.74) is 10.2. The number of rotatable bonds is 4. The van der Waals surface area contributed by atoms with E-state index in [0.29, 0.717) is 5.82 Å². The number of nitrogens with two attached hydrogens (primary N) is 1. The summed E-state index contributed by atoms with van der Waals surface area (Å²) >= 11 is 0. The molecule has 0 saturated carbocycles. The molecule has 4 nitrogen and oxygen atoms in total. The molecule has 0 unspecified atom stereocenters. The van der Waals surface area contributed by atoms with Crippen LogP contribution in [0.4, 0.5) is 5.82 Å². The van der Waals surface area contributed by atoms with Crippen LogP contribution in [0.25, 0.3) is 21.8 Å². The van der Waals surface area contributed by atoms with Crippen LogP contribution >= 0.6 is 0 Å². The van der Waals surface area contributed by atoms with Gasteiger partial charge in [0.2, 0.25) is 0 Å². The van der Waals surface area contributed by atoms with Gasteiger partial charge < -0.3 is 10.5 Å². The number of hydrogen-bond donors (Lipinski definition) is 1. The zero-order chi connectivity index (χ0) is 17.2. The van der Waals surface area contributed by atoms with E-state index in [0.717, 1.165) is 40.4 Å². The molecule has 2 N–H and O–H groups in total. The van der Waals surface area contributed by atoms with Gasteiger partial charge in [-0.15, -0.1) is 0 Å². The number of ether oxygens (including phenoxy) is 1. The van der Waals surface area contributed by atoms with E-state index < -0.39 is 0 Å². The molecule has 4 aromatic rings. The molecule has 0 radical (unpaired) electrons. The monoisotopic (exact) mass is 329 g/mol. The first-order valence-electron chi connectivity index (χ1n) is 8.30. The van der Waals surface area contributed by atoms with Crippen molar-refractivity contribution < 1.29 is 4.74 Å². The van der Waals surface area contributed by atoms with Crippen molar-refractivity contribution in [3.05, 3.63) is 71.9 Å². The lowest BCUT2D eigenvalue weighted by Gasteiger charge is -2.08. The molecule has 25 heavy (non-hydrogen) atoms. The molecule has 0 fully saturated rings. The number of pyridine rings is 2. The molecule has 0 amide bonds. The Morgan fingerprint density at radius 3 is 2.48 bits per heavy atom. The molecule has 0 aliphatic heterocycles. The van der Waals surface area contributed by atoms with E-state index >= 15 is 0 Å². The molecule has 4 rings (SSSR count). The third-order valence-corrected chi connectivity index (χ3v) is 4.48. The number of aromatic nitrogens is 2. The van der Waals surface area contributed by atoms with Crippen LogP contribution in [0.2, 0.25) is 0 Å². The Hall–Kier alpha value is -3.14. The van der Waals surface area contributed by atoms with E-state index in [1.54, 1.807) is 7.11 Å². The number of nitrogen functional groups attached to an aromatic ring is 1. The maximum Gasteiger partial charge on any atom is 0.150 e. The number of hydrogen-bond acceptors (Lipinski definition) is 4. The summed E-state index contributed by atoms with van der Waals surface area (Å²) in [4.78, 5) is 9.01. The molecule has 0 spiro atoms. The third-order valence-electron chi connectivity index (χ3n) is 4.48. The molecule has 0 saturated heterocycles. The molecule has 0 aliphatic rings. The topological polar surface area (TPSA) is 61.0 Å². The minimum atomic E-state index is 0.482. The smallest absolute Gasteiger partial charge is 0.150 e. The molecule has 0 atom stereocenters. The SMILES string of the molecule is COc1ccc(CCc2cnc3c(N)nc4ccccc4c3c2)cc1. The van der Waals surface area contributed by atoms with Crippen molar-refractivity contribution in [2.75, 3.05) is 12.8 Å². The second-order valence-corrected chi connectivity index (χ2v) is 6.10. The van der Waals surface area contributed by atoms with E-state index in [1.807, 2.05) is 36.5 Å². The molecule has 2 aromatic heterocycles. The molecule has 0 bridgehead atoms. The van der Waals surface area contributed by atoms with Crippen molar-refractivity contribution >= 4 is 27.6 Å². The molecule has 124 valence electrons. The summed E-state index contributed by atoms with van der Waals surface area (Å²) in [5, 5.41) is 2.15. The predicted octanol–water partition coefficient (Wildman–Crippen LogP) is 4.16. The van der Waals surface area contributed by atoms with Crippen LogP contribution in [-0.4, -0.2) is 17.1 Å². The zero-order valence-electron chi connectivity index (χ0n) is 14.1. The summed E-state index contributed by atoms with van der Waals surface area (Å²) in [6.07, 6.45) is 3.78.